The molecule has 4 heterocycles. The summed E-state index contributed by atoms with van der Waals surface area (Å²) >= 11 is 0. The van der Waals surface area contributed by atoms with Crippen LogP contribution >= 0.6 is 0 Å². The molecule has 0 saturated carbocycles. The lowest BCUT2D eigenvalue weighted by molar-refractivity contribution is -0.0875. The largest absolute Gasteiger partial charge is 0.373 e. The van der Waals surface area contributed by atoms with Crippen molar-refractivity contribution in [1.29, 1.82) is 0 Å². The molecule has 3 saturated heterocycles. The molecule has 3 aliphatic heterocycles. The smallest absolute Gasteiger partial charge is 0.274 e. The highest BCUT2D eigenvalue weighted by Gasteiger charge is 2.36. The molecule has 32 heavy (non-hydrogen) atoms. The van der Waals surface area contributed by atoms with Crippen LogP contribution in [0.25, 0.3) is 0 Å². The number of aromatic nitrogens is 2. The summed E-state index contributed by atoms with van der Waals surface area (Å²) < 4.78 is 8.04. The Balaban J connectivity index is 1.25. The Morgan fingerprint density at radius 1 is 0.969 bits per heavy atom. The molecule has 3 fully saturated rings. The first-order chi connectivity index (χ1) is 15.5. The van der Waals surface area contributed by atoms with Crippen molar-refractivity contribution < 1.29 is 9.53 Å². The zero-order valence-corrected chi connectivity index (χ0v) is 20.3. The van der Waals surface area contributed by atoms with E-state index in [0.717, 1.165) is 64.1 Å². The summed E-state index contributed by atoms with van der Waals surface area (Å²) in [4.78, 5) is 20.6. The molecule has 7 nitrogen and oxygen atoms in total. The maximum atomic E-state index is 13.2. The van der Waals surface area contributed by atoms with E-state index in [9.17, 15) is 4.79 Å². The summed E-state index contributed by atoms with van der Waals surface area (Å²) in [6, 6.07) is 1.24. The fraction of sp³-hybridized carbons (Fsp3) is 0.840. The number of aryl methyl sites for hydroxylation is 1. The Hall–Kier alpha value is -1.44. The van der Waals surface area contributed by atoms with Crippen LogP contribution < -0.4 is 0 Å². The van der Waals surface area contributed by atoms with Gasteiger partial charge in [-0.25, -0.2) is 0 Å². The minimum atomic E-state index is 0.167. The lowest BCUT2D eigenvalue weighted by Crippen LogP contribution is -2.54. The zero-order valence-electron chi connectivity index (χ0n) is 20.3. The van der Waals surface area contributed by atoms with Crippen molar-refractivity contribution in [2.45, 2.75) is 96.6 Å². The summed E-state index contributed by atoms with van der Waals surface area (Å²) in [5.41, 5.74) is 3.31. The second kappa shape index (κ2) is 9.43. The molecule has 3 atom stereocenters. The van der Waals surface area contributed by atoms with E-state index in [1.165, 1.54) is 43.6 Å². The number of piperidine rings is 1. The number of rotatable bonds is 4. The molecule has 7 heteroatoms. The van der Waals surface area contributed by atoms with Gasteiger partial charge in [0.2, 0.25) is 0 Å². The number of nitrogens with zero attached hydrogens (tertiary/aromatic N) is 5. The van der Waals surface area contributed by atoms with Crippen LogP contribution in [-0.4, -0.2) is 93.9 Å². The molecule has 178 valence electrons. The van der Waals surface area contributed by atoms with Gasteiger partial charge in [-0.3, -0.25) is 19.3 Å². The number of ether oxygens (including phenoxy) is 1. The fourth-order valence-electron chi connectivity index (χ4n) is 6.62. The third kappa shape index (κ3) is 4.36. The fourth-order valence-corrected chi connectivity index (χ4v) is 6.62. The first kappa shape index (κ1) is 22.4. The highest BCUT2D eigenvalue weighted by Crippen LogP contribution is 2.31. The molecule has 1 amide bonds. The molecule has 1 aromatic heterocycles. The van der Waals surface area contributed by atoms with Crippen LogP contribution in [0.2, 0.25) is 0 Å². The van der Waals surface area contributed by atoms with E-state index in [-0.39, 0.29) is 5.91 Å². The summed E-state index contributed by atoms with van der Waals surface area (Å²) in [6.07, 6.45) is 8.65. The lowest BCUT2D eigenvalue weighted by atomic mass is 9.88. The van der Waals surface area contributed by atoms with Crippen molar-refractivity contribution in [1.82, 2.24) is 24.5 Å². The van der Waals surface area contributed by atoms with E-state index in [2.05, 4.69) is 35.3 Å². The van der Waals surface area contributed by atoms with Crippen LogP contribution in [0.4, 0.5) is 0 Å². The Labute approximate surface area is 193 Å². The summed E-state index contributed by atoms with van der Waals surface area (Å²) in [7, 11) is 0. The molecule has 0 aromatic carbocycles. The van der Waals surface area contributed by atoms with Gasteiger partial charge >= 0.3 is 0 Å². The van der Waals surface area contributed by atoms with Crippen LogP contribution in [0.1, 0.15) is 74.6 Å². The Bertz CT molecular complexity index is 799. The predicted octanol–water partition coefficient (Wildman–Crippen LogP) is 2.57. The van der Waals surface area contributed by atoms with Crippen LogP contribution in [0.5, 0.6) is 0 Å². The van der Waals surface area contributed by atoms with Gasteiger partial charge < -0.3 is 9.64 Å². The Kier molecular flexibility index (Phi) is 6.59. The van der Waals surface area contributed by atoms with Crippen LogP contribution in [0, 0.1) is 0 Å². The number of likely N-dealkylation sites (tertiary alicyclic amines) is 2. The van der Waals surface area contributed by atoms with Crippen molar-refractivity contribution >= 4 is 5.91 Å². The number of hydrogen-bond acceptors (Lipinski definition) is 5. The van der Waals surface area contributed by atoms with Crippen molar-refractivity contribution in [2.24, 2.45) is 0 Å². The van der Waals surface area contributed by atoms with Gasteiger partial charge in [-0.2, -0.15) is 5.10 Å². The molecule has 1 aromatic rings. The van der Waals surface area contributed by atoms with E-state index in [0.29, 0.717) is 24.3 Å². The third-order valence-electron chi connectivity index (χ3n) is 8.20. The standard InChI is InChI=1S/C25H41N5O2/c1-4-30-23-8-7-21(15-22(23)24(26-30)25(31)28-11-5-6-12-28)27-13-9-20(10-14-27)29-16-18(2)32-19(3)17-29/h18-21H,4-17H2,1-3H3/t18-,19+,21-/m0/s1. The second-order valence-corrected chi connectivity index (χ2v) is 10.5. The molecule has 5 rings (SSSR count). The van der Waals surface area contributed by atoms with Gasteiger partial charge in [0.25, 0.3) is 5.91 Å². The molecular formula is C25H41N5O2. The normalized spacial score (nSPS) is 30.6. The highest BCUT2D eigenvalue weighted by atomic mass is 16.5. The predicted molar refractivity (Wildman–Crippen MR) is 125 cm³/mol. The van der Waals surface area contributed by atoms with Gasteiger partial charge in [-0.05, 0) is 78.8 Å². The number of fused-ring (bicyclic) bond motifs is 1. The minimum absolute atomic E-state index is 0.167. The summed E-state index contributed by atoms with van der Waals surface area (Å²) in [5.74, 6) is 0.167. The molecular weight excluding hydrogens is 402 g/mol. The summed E-state index contributed by atoms with van der Waals surface area (Å²) in [5, 5.41) is 4.81. The topological polar surface area (TPSA) is 53.8 Å². The first-order valence-electron chi connectivity index (χ1n) is 13.0. The van der Waals surface area contributed by atoms with Crippen LogP contribution in [0.3, 0.4) is 0 Å². The number of morpholine rings is 1. The number of carbonyl (C=O) groups excluding carboxylic acids is 1. The lowest BCUT2D eigenvalue weighted by Gasteiger charge is -2.45. The van der Waals surface area contributed by atoms with Crippen LogP contribution in [-0.2, 0) is 24.1 Å². The Morgan fingerprint density at radius 3 is 2.31 bits per heavy atom. The van der Waals surface area contributed by atoms with Gasteiger partial charge in [-0.15, -0.1) is 0 Å². The van der Waals surface area contributed by atoms with E-state index in [1.807, 2.05) is 4.90 Å². The van der Waals surface area contributed by atoms with Crippen molar-refractivity contribution in [2.75, 3.05) is 39.3 Å². The quantitative estimate of drug-likeness (QED) is 0.716. The Morgan fingerprint density at radius 2 is 1.66 bits per heavy atom. The van der Waals surface area contributed by atoms with Gasteiger partial charge in [0.15, 0.2) is 5.69 Å². The molecule has 4 aliphatic rings. The maximum Gasteiger partial charge on any atom is 0.274 e. The third-order valence-corrected chi connectivity index (χ3v) is 8.20. The van der Waals surface area contributed by atoms with Crippen molar-refractivity contribution in [3.63, 3.8) is 0 Å². The maximum absolute atomic E-state index is 13.2. The zero-order chi connectivity index (χ0) is 22.2. The second-order valence-electron chi connectivity index (χ2n) is 10.5. The minimum Gasteiger partial charge on any atom is -0.373 e. The molecule has 0 spiro atoms. The molecule has 0 radical (unpaired) electrons. The van der Waals surface area contributed by atoms with E-state index < -0.39 is 0 Å². The SMILES string of the molecule is CCn1nc(C(=O)N2CCCC2)c2c1CC[C@H](N1CCC(N3C[C@@H](C)O[C@@H](C)C3)CC1)C2. The molecule has 1 aliphatic carbocycles. The molecule has 0 unspecified atom stereocenters. The van der Waals surface area contributed by atoms with Gasteiger partial charge in [0.1, 0.15) is 0 Å². The van der Waals surface area contributed by atoms with E-state index >= 15 is 0 Å². The number of carbonyl (C=O) groups is 1. The molecule has 0 N–H and O–H groups in total. The monoisotopic (exact) mass is 443 g/mol. The van der Waals surface area contributed by atoms with Crippen molar-refractivity contribution in [3.8, 4) is 0 Å². The number of hydrogen-bond donors (Lipinski definition) is 0. The van der Waals surface area contributed by atoms with Gasteiger partial charge in [0.05, 0.1) is 12.2 Å². The van der Waals surface area contributed by atoms with Crippen LogP contribution in [0.15, 0.2) is 0 Å². The van der Waals surface area contributed by atoms with Gasteiger partial charge in [0, 0.05) is 56.1 Å². The average Bonchev–Trinajstić information content (AvgIpc) is 3.46. The summed E-state index contributed by atoms with van der Waals surface area (Å²) in [6.45, 7) is 13.7. The van der Waals surface area contributed by atoms with E-state index in [1.54, 1.807) is 0 Å². The average molecular weight is 444 g/mol. The van der Waals surface area contributed by atoms with E-state index in [4.69, 9.17) is 9.84 Å². The van der Waals surface area contributed by atoms with Crippen molar-refractivity contribution in [3.05, 3.63) is 17.0 Å². The first-order valence-corrected chi connectivity index (χ1v) is 13.0. The van der Waals surface area contributed by atoms with Gasteiger partial charge in [-0.1, -0.05) is 0 Å². The highest BCUT2D eigenvalue weighted by molar-refractivity contribution is 5.94. The molecule has 0 bridgehead atoms. The number of amides is 1.